The number of hydrogen-bond acceptors (Lipinski definition) is 2. The van der Waals surface area contributed by atoms with Crippen LogP contribution in [0.15, 0.2) is 48.5 Å². The maximum absolute atomic E-state index is 12.2. The number of aryl methyl sites for hydroxylation is 1. The monoisotopic (exact) mass is 331 g/mol. The standard InChI is InChI=1S/C19H22ClNO2/c1-14(2)13-23-18-10-6-5-9-17(18)21-19(22)12-11-15-7-3-4-8-16(15)20/h3-10,14H,11-13H2,1-2H3,(H,21,22). The van der Waals surface area contributed by atoms with Crippen LogP contribution >= 0.6 is 11.6 Å². The van der Waals surface area contributed by atoms with Gasteiger partial charge in [0.05, 0.1) is 12.3 Å². The first kappa shape index (κ1) is 17.4. The molecule has 0 saturated heterocycles. The summed E-state index contributed by atoms with van der Waals surface area (Å²) in [6, 6.07) is 15.1. The van der Waals surface area contributed by atoms with E-state index in [2.05, 4.69) is 19.2 Å². The van der Waals surface area contributed by atoms with Gasteiger partial charge >= 0.3 is 0 Å². The van der Waals surface area contributed by atoms with Gasteiger partial charge < -0.3 is 10.1 Å². The lowest BCUT2D eigenvalue weighted by atomic mass is 10.1. The first-order valence-electron chi connectivity index (χ1n) is 7.81. The average molecular weight is 332 g/mol. The van der Waals surface area contributed by atoms with Crippen molar-refractivity contribution in [3.05, 3.63) is 59.1 Å². The molecule has 4 heteroatoms. The molecular formula is C19H22ClNO2. The van der Waals surface area contributed by atoms with Crippen LogP contribution in [0.25, 0.3) is 0 Å². The van der Waals surface area contributed by atoms with E-state index < -0.39 is 0 Å². The maximum Gasteiger partial charge on any atom is 0.224 e. The van der Waals surface area contributed by atoms with Gasteiger partial charge in [-0.15, -0.1) is 0 Å². The molecule has 0 aliphatic carbocycles. The van der Waals surface area contributed by atoms with Crippen molar-refractivity contribution in [1.29, 1.82) is 0 Å². The number of benzene rings is 2. The second-order valence-corrected chi connectivity index (χ2v) is 6.25. The molecule has 0 aromatic heterocycles. The summed E-state index contributed by atoms with van der Waals surface area (Å²) in [6.45, 7) is 4.79. The van der Waals surface area contributed by atoms with Crippen molar-refractivity contribution in [2.45, 2.75) is 26.7 Å². The number of nitrogens with one attached hydrogen (secondary N) is 1. The predicted molar refractivity (Wildman–Crippen MR) is 95.2 cm³/mol. The van der Waals surface area contributed by atoms with Crippen LogP contribution in [0.2, 0.25) is 5.02 Å². The highest BCUT2D eigenvalue weighted by Crippen LogP contribution is 2.25. The Labute approximate surface area is 142 Å². The summed E-state index contributed by atoms with van der Waals surface area (Å²) in [5.41, 5.74) is 1.69. The Morgan fingerprint density at radius 1 is 1.13 bits per heavy atom. The topological polar surface area (TPSA) is 38.3 Å². The van der Waals surface area contributed by atoms with Crippen molar-refractivity contribution in [1.82, 2.24) is 0 Å². The minimum atomic E-state index is -0.0504. The van der Waals surface area contributed by atoms with Crippen LogP contribution < -0.4 is 10.1 Å². The van der Waals surface area contributed by atoms with Crippen LogP contribution in [0.3, 0.4) is 0 Å². The highest BCUT2D eigenvalue weighted by molar-refractivity contribution is 6.31. The van der Waals surface area contributed by atoms with E-state index in [0.29, 0.717) is 41.8 Å². The minimum Gasteiger partial charge on any atom is -0.491 e. The minimum absolute atomic E-state index is 0.0504. The van der Waals surface area contributed by atoms with Crippen molar-refractivity contribution < 1.29 is 9.53 Å². The number of hydrogen-bond donors (Lipinski definition) is 1. The molecule has 0 heterocycles. The number of para-hydroxylation sites is 2. The molecule has 1 N–H and O–H groups in total. The molecule has 0 aliphatic heterocycles. The summed E-state index contributed by atoms with van der Waals surface area (Å²) in [4.78, 5) is 12.2. The third kappa shape index (κ3) is 5.61. The van der Waals surface area contributed by atoms with Crippen molar-refractivity contribution in [2.75, 3.05) is 11.9 Å². The molecule has 2 aromatic rings. The fourth-order valence-corrected chi connectivity index (χ4v) is 2.34. The first-order chi connectivity index (χ1) is 11.1. The number of anilines is 1. The molecule has 2 aromatic carbocycles. The van der Waals surface area contributed by atoms with Gasteiger partial charge in [0.2, 0.25) is 5.91 Å². The Kier molecular flexibility index (Phi) is 6.48. The Hall–Kier alpha value is -2.00. The molecule has 0 aliphatic rings. The largest absolute Gasteiger partial charge is 0.491 e. The molecule has 0 spiro atoms. The molecule has 1 amide bonds. The lowest BCUT2D eigenvalue weighted by Gasteiger charge is -2.14. The highest BCUT2D eigenvalue weighted by Gasteiger charge is 2.09. The Bertz CT molecular complexity index is 655. The maximum atomic E-state index is 12.2. The van der Waals surface area contributed by atoms with Crippen LogP contribution in [0.5, 0.6) is 5.75 Å². The SMILES string of the molecule is CC(C)COc1ccccc1NC(=O)CCc1ccccc1Cl. The molecule has 0 radical (unpaired) electrons. The second-order valence-electron chi connectivity index (χ2n) is 5.84. The fraction of sp³-hybridized carbons (Fsp3) is 0.316. The number of carbonyl (C=O) groups is 1. The van der Waals surface area contributed by atoms with Crippen LogP contribution in [-0.4, -0.2) is 12.5 Å². The molecular weight excluding hydrogens is 310 g/mol. The fourth-order valence-electron chi connectivity index (χ4n) is 2.11. The normalized spacial score (nSPS) is 10.6. The molecule has 0 atom stereocenters. The van der Waals surface area contributed by atoms with Crippen LogP contribution in [-0.2, 0) is 11.2 Å². The van der Waals surface area contributed by atoms with Gasteiger partial charge in [-0.05, 0) is 36.1 Å². The Balaban J connectivity index is 1.94. The summed E-state index contributed by atoms with van der Waals surface area (Å²) in [5, 5.41) is 3.61. The summed E-state index contributed by atoms with van der Waals surface area (Å²) >= 11 is 6.11. The molecule has 0 unspecified atom stereocenters. The molecule has 0 saturated carbocycles. The third-order valence-corrected chi connectivity index (χ3v) is 3.68. The Morgan fingerprint density at radius 3 is 2.57 bits per heavy atom. The lowest BCUT2D eigenvalue weighted by Crippen LogP contribution is -2.14. The van der Waals surface area contributed by atoms with E-state index in [1.165, 1.54) is 0 Å². The smallest absolute Gasteiger partial charge is 0.224 e. The lowest BCUT2D eigenvalue weighted by molar-refractivity contribution is -0.116. The zero-order valence-electron chi connectivity index (χ0n) is 13.5. The average Bonchev–Trinajstić information content (AvgIpc) is 2.53. The summed E-state index contributed by atoms with van der Waals surface area (Å²) in [5.74, 6) is 1.08. The number of carbonyl (C=O) groups excluding carboxylic acids is 1. The van der Waals surface area contributed by atoms with Crippen LogP contribution in [0.1, 0.15) is 25.8 Å². The van der Waals surface area contributed by atoms with Gasteiger partial charge in [0.15, 0.2) is 0 Å². The number of amides is 1. The highest BCUT2D eigenvalue weighted by atomic mass is 35.5. The number of halogens is 1. The van der Waals surface area contributed by atoms with Crippen molar-refractivity contribution >= 4 is 23.2 Å². The zero-order chi connectivity index (χ0) is 16.7. The van der Waals surface area contributed by atoms with Crippen molar-refractivity contribution in [3.8, 4) is 5.75 Å². The van der Waals surface area contributed by atoms with Gasteiger partial charge in [-0.2, -0.15) is 0 Å². The summed E-state index contributed by atoms with van der Waals surface area (Å²) < 4.78 is 5.75. The molecule has 23 heavy (non-hydrogen) atoms. The number of ether oxygens (including phenoxy) is 1. The van der Waals surface area contributed by atoms with Crippen LogP contribution in [0.4, 0.5) is 5.69 Å². The van der Waals surface area contributed by atoms with E-state index in [1.807, 2.05) is 48.5 Å². The van der Waals surface area contributed by atoms with E-state index in [1.54, 1.807) is 0 Å². The number of rotatable bonds is 7. The van der Waals surface area contributed by atoms with Gasteiger partial charge in [-0.3, -0.25) is 4.79 Å². The van der Waals surface area contributed by atoms with E-state index in [9.17, 15) is 4.79 Å². The zero-order valence-corrected chi connectivity index (χ0v) is 14.3. The summed E-state index contributed by atoms with van der Waals surface area (Å²) in [7, 11) is 0. The van der Waals surface area contributed by atoms with E-state index in [4.69, 9.17) is 16.3 Å². The van der Waals surface area contributed by atoms with E-state index in [0.717, 1.165) is 5.56 Å². The second kappa shape index (κ2) is 8.59. The van der Waals surface area contributed by atoms with Crippen molar-refractivity contribution in [3.63, 3.8) is 0 Å². The van der Waals surface area contributed by atoms with E-state index >= 15 is 0 Å². The molecule has 0 bridgehead atoms. The summed E-state index contributed by atoms with van der Waals surface area (Å²) in [6.07, 6.45) is 0.989. The van der Waals surface area contributed by atoms with Gasteiger partial charge in [0, 0.05) is 11.4 Å². The van der Waals surface area contributed by atoms with Gasteiger partial charge in [-0.1, -0.05) is 55.8 Å². The molecule has 2 rings (SSSR count). The van der Waals surface area contributed by atoms with Crippen molar-refractivity contribution in [2.24, 2.45) is 5.92 Å². The molecule has 0 fully saturated rings. The van der Waals surface area contributed by atoms with Gasteiger partial charge in [0.1, 0.15) is 5.75 Å². The van der Waals surface area contributed by atoms with Gasteiger partial charge in [-0.25, -0.2) is 0 Å². The van der Waals surface area contributed by atoms with Crippen LogP contribution in [0, 0.1) is 5.92 Å². The first-order valence-corrected chi connectivity index (χ1v) is 8.19. The molecule has 122 valence electrons. The predicted octanol–water partition coefficient (Wildman–Crippen LogP) is 4.95. The quantitative estimate of drug-likeness (QED) is 0.779. The van der Waals surface area contributed by atoms with Gasteiger partial charge in [0.25, 0.3) is 0 Å². The Morgan fingerprint density at radius 2 is 1.83 bits per heavy atom. The van der Waals surface area contributed by atoms with E-state index in [-0.39, 0.29) is 5.91 Å². The molecule has 3 nitrogen and oxygen atoms in total. The third-order valence-electron chi connectivity index (χ3n) is 3.31.